The van der Waals surface area contributed by atoms with E-state index in [1.54, 1.807) is 48.8 Å². The predicted molar refractivity (Wildman–Crippen MR) is 198 cm³/mol. The van der Waals surface area contributed by atoms with Crippen molar-refractivity contribution < 1.29 is 52.9 Å². The van der Waals surface area contributed by atoms with Crippen molar-refractivity contribution in [3.8, 4) is 17.2 Å². The maximum absolute atomic E-state index is 13.9. The lowest BCUT2D eigenvalue weighted by atomic mass is 9.86. The van der Waals surface area contributed by atoms with Gasteiger partial charge in [0.05, 0.1) is 12.2 Å². The first-order valence-corrected chi connectivity index (χ1v) is 18.7. The molecule has 3 saturated heterocycles. The van der Waals surface area contributed by atoms with Crippen molar-refractivity contribution in [3.63, 3.8) is 0 Å². The number of aromatic hydroxyl groups is 1. The van der Waals surface area contributed by atoms with Gasteiger partial charge < -0.3 is 34.8 Å². The van der Waals surface area contributed by atoms with Gasteiger partial charge in [0.1, 0.15) is 28.0 Å². The van der Waals surface area contributed by atoms with Crippen molar-refractivity contribution in [1.82, 2.24) is 4.90 Å². The number of alkyl halides is 2. The Kier molecular flexibility index (Phi) is 13.0. The molecule has 0 spiro atoms. The highest BCUT2D eigenvalue weighted by Crippen LogP contribution is 2.38. The number of hydrogen-bond acceptors (Lipinski definition) is 10. The van der Waals surface area contributed by atoms with E-state index in [0.29, 0.717) is 57.4 Å². The van der Waals surface area contributed by atoms with Crippen molar-refractivity contribution in [2.75, 3.05) is 31.6 Å². The number of phenolic OH excluding ortho intramolecular Hbond substituents is 1. The van der Waals surface area contributed by atoms with Crippen molar-refractivity contribution in [1.29, 1.82) is 0 Å². The number of nitrogens with zero attached hydrogens (tertiary/aromatic N) is 1. The number of aromatic nitrogens is 1. The summed E-state index contributed by atoms with van der Waals surface area (Å²) < 4.78 is 49.4. The lowest BCUT2D eigenvalue weighted by Crippen LogP contribution is -2.52. The molecule has 3 aliphatic heterocycles. The number of phenols is 1. The minimum absolute atomic E-state index is 0. The lowest BCUT2D eigenvalue weighted by Gasteiger charge is -2.44. The Bertz CT molecular complexity index is 1960. The van der Waals surface area contributed by atoms with Gasteiger partial charge >= 0.3 is 18.6 Å². The van der Waals surface area contributed by atoms with Gasteiger partial charge in [-0.3, -0.25) is 4.90 Å². The molecule has 3 atom stereocenters. The van der Waals surface area contributed by atoms with Crippen LogP contribution in [-0.2, 0) is 20.7 Å². The second kappa shape index (κ2) is 17.8. The van der Waals surface area contributed by atoms with Gasteiger partial charge in [-0.1, -0.05) is 47.5 Å². The molecule has 1 aromatic heterocycles. The third-order valence-corrected chi connectivity index (χ3v) is 10.7. The fourth-order valence-corrected chi connectivity index (χ4v) is 7.48. The van der Waals surface area contributed by atoms with Crippen LogP contribution in [0.5, 0.6) is 17.2 Å². The maximum Gasteiger partial charge on any atom is 0.387 e. The normalized spacial score (nSPS) is 19.8. The van der Waals surface area contributed by atoms with Crippen LogP contribution in [0.1, 0.15) is 64.9 Å². The molecule has 4 fully saturated rings. The van der Waals surface area contributed by atoms with Crippen LogP contribution in [0.3, 0.4) is 0 Å². The highest BCUT2D eigenvalue weighted by atomic mass is 35.5. The highest BCUT2D eigenvalue weighted by Gasteiger charge is 2.38. The number of halogens is 4. The first-order chi connectivity index (χ1) is 26.1. The smallest absolute Gasteiger partial charge is 0.387 e. The van der Waals surface area contributed by atoms with Crippen LogP contribution in [0.15, 0.2) is 79.1 Å². The van der Waals surface area contributed by atoms with Crippen LogP contribution < -0.4 is 19.8 Å². The molecule has 2 bridgehead atoms. The number of benzene rings is 3. The summed E-state index contributed by atoms with van der Waals surface area (Å²) in [7, 11) is 0. The fourth-order valence-electron chi connectivity index (χ4n) is 6.95. The van der Waals surface area contributed by atoms with E-state index in [2.05, 4.69) is 15.2 Å². The quantitative estimate of drug-likeness (QED) is 0.115. The van der Waals surface area contributed by atoms with Gasteiger partial charge in [-0.05, 0) is 104 Å². The number of anilines is 1. The van der Waals surface area contributed by atoms with Crippen LogP contribution >= 0.6 is 23.2 Å². The number of fused-ring (bicyclic) bond motifs is 3. The van der Waals surface area contributed by atoms with Gasteiger partial charge in [0.15, 0.2) is 29.9 Å². The van der Waals surface area contributed by atoms with E-state index in [9.17, 15) is 23.5 Å². The number of piperidine rings is 3. The van der Waals surface area contributed by atoms with Gasteiger partial charge in [0, 0.05) is 24.2 Å². The topological polar surface area (TPSA) is 151 Å². The molecule has 3 aromatic carbocycles. The van der Waals surface area contributed by atoms with Crippen LogP contribution in [0.4, 0.5) is 14.5 Å². The van der Waals surface area contributed by atoms with Crippen molar-refractivity contribution in [2.45, 2.75) is 57.0 Å². The lowest BCUT2D eigenvalue weighted by molar-refractivity contribution is -0.377. The Labute approximate surface area is 326 Å². The van der Waals surface area contributed by atoms with E-state index in [-0.39, 0.29) is 40.8 Å². The minimum Gasteiger partial charge on any atom is -0.870 e. The molecule has 4 aromatic rings. The number of hydrogen-bond donors (Lipinski definition) is 2. The Morgan fingerprint density at radius 1 is 0.927 bits per heavy atom. The first kappa shape index (κ1) is 40.0. The Balaban J connectivity index is 0.00000514. The van der Waals surface area contributed by atoms with Gasteiger partial charge in [-0.15, -0.1) is 0 Å². The summed E-state index contributed by atoms with van der Waals surface area (Å²) in [6.45, 7) is -0.0695. The number of esters is 2. The molecular weight excluding hydrogens is 759 g/mol. The van der Waals surface area contributed by atoms with Crippen LogP contribution in [-0.4, -0.2) is 66.4 Å². The molecule has 55 heavy (non-hydrogen) atoms. The third-order valence-electron chi connectivity index (χ3n) is 10.1. The summed E-state index contributed by atoms with van der Waals surface area (Å²) >= 11 is 13.0. The zero-order valence-electron chi connectivity index (χ0n) is 29.6. The fraction of sp³-hybridized carbons (Fsp3) is 0.375. The van der Waals surface area contributed by atoms with E-state index in [4.69, 9.17) is 42.1 Å². The summed E-state index contributed by atoms with van der Waals surface area (Å²) in [5, 5.41) is 14.1. The van der Waals surface area contributed by atoms with Gasteiger partial charge in [-0.25, -0.2) is 14.6 Å². The largest absolute Gasteiger partial charge is 0.870 e. The highest BCUT2D eigenvalue weighted by molar-refractivity contribution is 6.35. The summed E-state index contributed by atoms with van der Waals surface area (Å²) in [4.78, 5) is 32.9. The summed E-state index contributed by atoms with van der Waals surface area (Å²) in [5.41, 5.74) is 2.00. The number of nitrogens with one attached hydrogen (secondary N) is 2. The molecule has 4 N–H and O–H groups in total. The van der Waals surface area contributed by atoms with Crippen molar-refractivity contribution in [2.24, 2.45) is 11.8 Å². The molecular formula is C40H41Cl2F2N3O8. The molecule has 1 unspecified atom stereocenters. The summed E-state index contributed by atoms with van der Waals surface area (Å²) in [6.07, 6.45) is 5.81. The molecule has 4 heterocycles. The van der Waals surface area contributed by atoms with E-state index in [1.807, 2.05) is 0 Å². The first-order valence-electron chi connectivity index (χ1n) is 17.9. The number of aromatic amines is 1. The van der Waals surface area contributed by atoms with Crippen LogP contribution in [0, 0.1) is 11.8 Å². The third kappa shape index (κ3) is 10.1. The zero-order valence-corrected chi connectivity index (χ0v) is 31.1. The molecule has 0 radical (unpaired) electrons. The number of carbonyl (C=O) groups excluding carboxylic acids is 2. The molecule has 15 heteroatoms. The van der Waals surface area contributed by atoms with Crippen molar-refractivity contribution >= 4 is 40.8 Å². The maximum atomic E-state index is 13.9. The molecule has 0 amide bonds. The average molecular weight is 801 g/mol. The standard InChI is InChI=1S/C40H39Cl2F2N3O7.H2O/c41-31-19-45-20-32(42)30(31)18-34(25-9-10-33(54-40(43)44)35(17-25)51-22-23-7-8-23)52-38(49)27-4-1-5-28(15-27)46-37(26-3-2-6-29(48)16-26)39(50)53-36-21-47-13-11-24(36)12-14-47;/h1-6,9-10,15-17,19-20,23-24,34,36-37,40,46,48H,7-8,11-14,18,21-22H2;1H2/t34-,36-,37?;/m0./s1. The van der Waals surface area contributed by atoms with E-state index < -0.39 is 30.7 Å². The number of carbonyl (C=O) groups is 2. The molecule has 292 valence electrons. The van der Waals surface area contributed by atoms with E-state index in [1.165, 1.54) is 30.3 Å². The summed E-state index contributed by atoms with van der Waals surface area (Å²) in [6, 6.07) is 16.3. The average Bonchev–Trinajstić information content (AvgIpc) is 3.99. The van der Waals surface area contributed by atoms with Crippen LogP contribution in [0.25, 0.3) is 0 Å². The molecule has 8 rings (SSSR count). The van der Waals surface area contributed by atoms with Crippen molar-refractivity contribution in [3.05, 3.63) is 111 Å². The molecule has 1 aliphatic carbocycles. The number of H-pyrrole nitrogens is 1. The molecule has 1 saturated carbocycles. The second-order valence-corrected chi connectivity index (χ2v) is 14.7. The number of ether oxygens (including phenoxy) is 4. The van der Waals surface area contributed by atoms with Crippen LogP contribution in [0.2, 0.25) is 10.0 Å². The SMILES string of the molecule is O=C(O[C@@H](Cc1c(Cl)c[nH+]cc1Cl)c1ccc(OC(F)F)c(OCC2CC2)c1)c1cccc(NC(C(=O)O[C@H]2CN3CCC2CC3)c2cccc(O)c2)c1.[OH-]. The van der Waals surface area contributed by atoms with Gasteiger partial charge in [0.2, 0.25) is 0 Å². The number of rotatable bonds is 15. The monoisotopic (exact) mass is 799 g/mol. The summed E-state index contributed by atoms with van der Waals surface area (Å²) in [5.74, 6) is -0.649. The molecule has 11 nitrogen and oxygen atoms in total. The Morgan fingerprint density at radius 3 is 2.35 bits per heavy atom. The Hall–Kier alpha value is -4.69. The predicted octanol–water partition coefficient (Wildman–Crippen LogP) is 7.66. The number of pyridine rings is 1. The minimum atomic E-state index is -3.07. The van der Waals surface area contributed by atoms with E-state index >= 15 is 0 Å². The molecule has 4 aliphatic rings. The zero-order chi connectivity index (χ0) is 37.8. The van der Waals surface area contributed by atoms with Gasteiger partial charge in [-0.2, -0.15) is 8.78 Å². The second-order valence-electron chi connectivity index (χ2n) is 13.9. The van der Waals surface area contributed by atoms with Gasteiger partial charge in [0.25, 0.3) is 0 Å². The van der Waals surface area contributed by atoms with E-state index in [0.717, 1.165) is 38.8 Å². The Morgan fingerprint density at radius 2 is 1.67 bits per heavy atom.